The second-order valence-electron chi connectivity index (χ2n) is 2.53. The van der Waals surface area contributed by atoms with Crippen LogP contribution in [0.4, 0.5) is 0 Å². The number of fused-ring (bicyclic) bond motifs is 1. The van der Waals surface area contributed by atoms with Crippen LogP contribution in [0.2, 0.25) is 0 Å². The van der Waals surface area contributed by atoms with Crippen LogP contribution >= 0.6 is 11.8 Å². The third-order valence-electron chi connectivity index (χ3n) is 1.57. The van der Waals surface area contributed by atoms with Crippen molar-refractivity contribution in [2.45, 2.75) is 5.16 Å². The van der Waals surface area contributed by atoms with E-state index in [1.165, 1.54) is 0 Å². The lowest BCUT2D eigenvalue weighted by molar-refractivity contribution is 1.09. The van der Waals surface area contributed by atoms with E-state index in [1.807, 2.05) is 24.3 Å². The Morgan fingerprint density at radius 3 is 2.92 bits per heavy atom. The number of nitrogens with two attached hydrogens (primary N) is 1. The molecule has 0 aliphatic rings. The fourth-order valence-electron chi connectivity index (χ4n) is 1.08. The van der Waals surface area contributed by atoms with Gasteiger partial charge < -0.3 is 10.7 Å². The summed E-state index contributed by atoms with van der Waals surface area (Å²) in [6.45, 7) is 0. The van der Waals surface area contributed by atoms with Crippen LogP contribution in [0, 0.1) is 5.41 Å². The number of thioether (sulfide) groups is 1. The second kappa shape index (κ2) is 3.10. The predicted octanol–water partition coefficient (Wildman–Crippen LogP) is 1.55. The number of aromatic nitrogens is 2. The first-order chi connectivity index (χ1) is 6.25. The molecule has 0 aliphatic heterocycles. The molecule has 4 nitrogen and oxygen atoms in total. The van der Waals surface area contributed by atoms with Crippen molar-refractivity contribution in [1.82, 2.24) is 9.97 Å². The summed E-state index contributed by atoms with van der Waals surface area (Å²) >= 11 is 1.12. The molecule has 0 saturated carbocycles. The van der Waals surface area contributed by atoms with Crippen LogP contribution in [0.3, 0.4) is 0 Å². The van der Waals surface area contributed by atoms with E-state index in [9.17, 15) is 0 Å². The summed E-state index contributed by atoms with van der Waals surface area (Å²) in [5.41, 5.74) is 7.09. The maximum absolute atomic E-state index is 7.09. The van der Waals surface area contributed by atoms with E-state index in [-0.39, 0.29) is 5.17 Å². The van der Waals surface area contributed by atoms with Gasteiger partial charge in [-0.1, -0.05) is 12.1 Å². The molecule has 0 unspecified atom stereocenters. The molecule has 2 rings (SSSR count). The largest absolute Gasteiger partial charge is 0.378 e. The van der Waals surface area contributed by atoms with E-state index in [4.69, 9.17) is 11.1 Å². The van der Waals surface area contributed by atoms with Gasteiger partial charge in [-0.2, -0.15) is 0 Å². The number of nitrogens with one attached hydrogen (secondary N) is 2. The molecular weight excluding hydrogens is 184 g/mol. The summed E-state index contributed by atoms with van der Waals surface area (Å²) in [6, 6.07) is 7.71. The van der Waals surface area contributed by atoms with Gasteiger partial charge in [-0.15, -0.1) is 0 Å². The zero-order valence-electron chi connectivity index (χ0n) is 6.74. The maximum atomic E-state index is 7.09. The molecule has 66 valence electrons. The first-order valence-corrected chi connectivity index (χ1v) is 4.54. The van der Waals surface area contributed by atoms with Crippen molar-refractivity contribution in [3.8, 4) is 0 Å². The summed E-state index contributed by atoms with van der Waals surface area (Å²) in [5, 5.41) is 7.79. The molecule has 1 heterocycles. The van der Waals surface area contributed by atoms with E-state index < -0.39 is 0 Å². The van der Waals surface area contributed by atoms with Crippen molar-refractivity contribution >= 4 is 28.0 Å². The van der Waals surface area contributed by atoms with Crippen LogP contribution < -0.4 is 5.73 Å². The highest BCUT2D eigenvalue weighted by atomic mass is 32.2. The summed E-state index contributed by atoms with van der Waals surface area (Å²) < 4.78 is 0. The SMILES string of the molecule is N=C(N)Sc1nc2ccccc2[nH]1. The Morgan fingerprint density at radius 2 is 2.23 bits per heavy atom. The number of benzene rings is 1. The zero-order valence-corrected chi connectivity index (χ0v) is 7.56. The highest BCUT2D eigenvalue weighted by Crippen LogP contribution is 2.18. The zero-order chi connectivity index (χ0) is 9.26. The Bertz CT molecular complexity index is 415. The molecule has 13 heavy (non-hydrogen) atoms. The number of hydrogen-bond donors (Lipinski definition) is 3. The minimum atomic E-state index is 0.0408. The lowest BCUT2D eigenvalue weighted by Crippen LogP contribution is -2.03. The fraction of sp³-hybridized carbons (Fsp3) is 0. The predicted molar refractivity (Wildman–Crippen MR) is 53.9 cm³/mol. The molecule has 5 heteroatoms. The molecule has 1 aromatic heterocycles. The lowest BCUT2D eigenvalue weighted by Gasteiger charge is -1.89. The Labute approximate surface area is 79.1 Å². The summed E-state index contributed by atoms with van der Waals surface area (Å²) in [6.07, 6.45) is 0. The molecule has 0 bridgehead atoms. The van der Waals surface area contributed by atoms with E-state index in [1.54, 1.807) is 0 Å². The second-order valence-corrected chi connectivity index (χ2v) is 3.56. The van der Waals surface area contributed by atoms with Crippen molar-refractivity contribution in [3.05, 3.63) is 24.3 Å². The van der Waals surface area contributed by atoms with Gasteiger partial charge in [-0.05, 0) is 23.9 Å². The van der Waals surface area contributed by atoms with E-state index in [2.05, 4.69) is 9.97 Å². The molecule has 0 fully saturated rings. The lowest BCUT2D eigenvalue weighted by atomic mass is 10.3. The van der Waals surface area contributed by atoms with E-state index >= 15 is 0 Å². The Morgan fingerprint density at radius 1 is 1.46 bits per heavy atom. The van der Waals surface area contributed by atoms with Crippen LogP contribution in [0.1, 0.15) is 0 Å². The number of rotatable bonds is 1. The Balaban J connectivity index is 2.44. The van der Waals surface area contributed by atoms with Crippen molar-refractivity contribution in [3.63, 3.8) is 0 Å². The molecule has 0 spiro atoms. The van der Waals surface area contributed by atoms with Gasteiger partial charge >= 0.3 is 0 Å². The Kier molecular flexibility index (Phi) is 1.94. The van der Waals surface area contributed by atoms with E-state index in [0.717, 1.165) is 22.8 Å². The number of nitrogens with zero attached hydrogens (tertiary/aromatic N) is 1. The van der Waals surface area contributed by atoms with Gasteiger partial charge in [0.2, 0.25) is 0 Å². The number of amidine groups is 1. The Hall–Kier alpha value is -1.49. The molecule has 0 saturated heterocycles. The molecule has 0 amide bonds. The summed E-state index contributed by atoms with van der Waals surface area (Å²) in [7, 11) is 0. The average molecular weight is 192 g/mol. The number of hydrogen-bond acceptors (Lipinski definition) is 3. The van der Waals surface area contributed by atoms with E-state index in [0.29, 0.717) is 5.16 Å². The van der Waals surface area contributed by atoms with Crippen molar-refractivity contribution in [2.24, 2.45) is 5.73 Å². The van der Waals surface area contributed by atoms with Crippen LogP contribution in [0.5, 0.6) is 0 Å². The first kappa shape index (κ1) is 8.12. The highest BCUT2D eigenvalue weighted by molar-refractivity contribution is 8.13. The minimum Gasteiger partial charge on any atom is -0.378 e. The normalized spacial score (nSPS) is 10.5. The number of imidazole rings is 1. The quantitative estimate of drug-likeness (QED) is 0.364. The molecule has 4 N–H and O–H groups in total. The molecule has 0 atom stereocenters. The molecule has 0 radical (unpaired) electrons. The van der Waals surface area contributed by atoms with Gasteiger partial charge in [0.25, 0.3) is 0 Å². The van der Waals surface area contributed by atoms with Gasteiger partial charge in [0.1, 0.15) is 0 Å². The molecular formula is C8H8N4S. The van der Waals surface area contributed by atoms with Gasteiger partial charge in [0.05, 0.1) is 11.0 Å². The van der Waals surface area contributed by atoms with Crippen molar-refractivity contribution < 1.29 is 0 Å². The number of aromatic amines is 1. The van der Waals surface area contributed by atoms with Crippen molar-refractivity contribution in [2.75, 3.05) is 0 Å². The maximum Gasteiger partial charge on any atom is 0.174 e. The molecule has 1 aromatic carbocycles. The van der Waals surface area contributed by atoms with Gasteiger partial charge in [-0.25, -0.2) is 4.98 Å². The summed E-state index contributed by atoms with van der Waals surface area (Å²) in [4.78, 5) is 7.30. The van der Waals surface area contributed by atoms with Crippen LogP contribution in [-0.4, -0.2) is 15.1 Å². The standard InChI is InChI=1S/C8H8N4S/c9-7(10)13-8-11-5-3-1-2-4-6(5)12-8/h1-4H,(H3,9,10)(H,11,12). The van der Waals surface area contributed by atoms with Gasteiger partial charge in [0, 0.05) is 0 Å². The van der Waals surface area contributed by atoms with Crippen LogP contribution in [0.15, 0.2) is 29.4 Å². The highest BCUT2D eigenvalue weighted by Gasteiger charge is 2.02. The third kappa shape index (κ3) is 1.65. The van der Waals surface area contributed by atoms with Crippen molar-refractivity contribution in [1.29, 1.82) is 5.41 Å². The smallest absolute Gasteiger partial charge is 0.174 e. The third-order valence-corrected chi connectivity index (χ3v) is 2.18. The topological polar surface area (TPSA) is 78.6 Å². The average Bonchev–Trinajstić information content (AvgIpc) is 2.44. The molecule has 0 aliphatic carbocycles. The van der Waals surface area contributed by atoms with Crippen LogP contribution in [0.25, 0.3) is 11.0 Å². The van der Waals surface area contributed by atoms with Crippen LogP contribution in [-0.2, 0) is 0 Å². The summed E-state index contributed by atoms with van der Waals surface area (Å²) in [5.74, 6) is 0. The number of H-pyrrole nitrogens is 1. The molecule has 2 aromatic rings. The minimum absolute atomic E-state index is 0.0408. The van der Waals surface area contributed by atoms with Gasteiger partial charge in [-0.3, -0.25) is 5.41 Å². The first-order valence-electron chi connectivity index (χ1n) is 3.72. The van der Waals surface area contributed by atoms with Gasteiger partial charge in [0.15, 0.2) is 10.3 Å². The monoisotopic (exact) mass is 192 g/mol. The number of para-hydroxylation sites is 2. The fourth-order valence-corrected chi connectivity index (χ4v) is 1.60.